The first-order valence-corrected chi connectivity index (χ1v) is 8.06. The molecule has 2 N–H and O–H groups in total. The van der Waals surface area contributed by atoms with Gasteiger partial charge in [-0.1, -0.05) is 6.07 Å². The zero-order valence-corrected chi connectivity index (χ0v) is 13.6. The molecular formula is C17H24N2O4. The van der Waals surface area contributed by atoms with Gasteiger partial charge in [-0.3, -0.25) is 4.79 Å². The Morgan fingerprint density at radius 3 is 2.83 bits per heavy atom. The normalized spacial score (nSPS) is 28.0. The summed E-state index contributed by atoms with van der Waals surface area (Å²) in [7, 11) is 3.73. The number of benzene rings is 1. The third-order valence-electron chi connectivity index (χ3n) is 4.71. The van der Waals surface area contributed by atoms with Gasteiger partial charge >= 0.3 is 5.97 Å². The molecule has 126 valence electrons. The Morgan fingerprint density at radius 2 is 2.22 bits per heavy atom. The highest BCUT2D eigenvalue weighted by molar-refractivity contribution is 5.70. The minimum absolute atomic E-state index is 0.0525. The van der Waals surface area contributed by atoms with Crippen molar-refractivity contribution in [1.82, 2.24) is 10.2 Å². The lowest BCUT2D eigenvalue weighted by Gasteiger charge is -2.18. The molecular weight excluding hydrogens is 296 g/mol. The maximum Gasteiger partial charge on any atom is 0.307 e. The van der Waals surface area contributed by atoms with Gasteiger partial charge in [0, 0.05) is 25.7 Å². The lowest BCUT2D eigenvalue weighted by atomic mass is 10.00. The first-order valence-electron chi connectivity index (χ1n) is 8.06. The number of hydrogen-bond acceptors (Lipinski definition) is 5. The lowest BCUT2D eigenvalue weighted by molar-refractivity contribution is -0.141. The third kappa shape index (κ3) is 3.59. The summed E-state index contributed by atoms with van der Waals surface area (Å²) in [6, 6.07) is 5.94. The van der Waals surface area contributed by atoms with E-state index in [-0.39, 0.29) is 18.1 Å². The molecule has 0 radical (unpaired) electrons. The van der Waals surface area contributed by atoms with Crippen LogP contribution >= 0.6 is 0 Å². The molecule has 2 heterocycles. The van der Waals surface area contributed by atoms with Crippen LogP contribution < -0.4 is 14.8 Å². The predicted octanol–water partition coefficient (Wildman–Crippen LogP) is 1.51. The molecule has 2 aliphatic heterocycles. The Bertz CT molecular complexity index is 578. The summed E-state index contributed by atoms with van der Waals surface area (Å²) in [4.78, 5) is 13.3. The number of rotatable bonds is 5. The van der Waals surface area contributed by atoms with Crippen molar-refractivity contribution in [1.29, 1.82) is 0 Å². The second-order valence-electron chi connectivity index (χ2n) is 6.43. The van der Waals surface area contributed by atoms with Gasteiger partial charge in [0.05, 0.1) is 13.0 Å². The van der Waals surface area contributed by atoms with Crippen LogP contribution in [0.4, 0.5) is 0 Å². The zero-order valence-electron chi connectivity index (χ0n) is 13.6. The smallest absolute Gasteiger partial charge is 0.307 e. The number of likely N-dealkylation sites (N-methyl/N-ethyl adjacent to an activating group) is 1. The summed E-state index contributed by atoms with van der Waals surface area (Å²) < 4.78 is 11.5. The van der Waals surface area contributed by atoms with Gasteiger partial charge < -0.3 is 24.8 Å². The van der Waals surface area contributed by atoms with Crippen molar-refractivity contribution >= 4 is 5.97 Å². The standard InChI is InChI=1S/C17H24N2O4/c1-19-6-5-13(10-19)23-15-4-3-11(8-16(15)22-2)14-7-12(9-18-14)17(20)21/h3-4,8,12-14,18H,5-7,9-10H2,1-2H3,(H,20,21). The molecule has 6 nitrogen and oxygen atoms in total. The van der Waals surface area contributed by atoms with Crippen molar-refractivity contribution in [2.24, 2.45) is 5.92 Å². The number of aliphatic carboxylic acids is 1. The highest BCUT2D eigenvalue weighted by atomic mass is 16.5. The summed E-state index contributed by atoms with van der Waals surface area (Å²) in [5, 5.41) is 12.4. The van der Waals surface area contributed by atoms with E-state index in [0.717, 1.165) is 30.8 Å². The molecule has 0 bridgehead atoms. The topological polar surface area (TPSA) is 71.0 Å². The van der Waals surface area contributed by atoms with Crippen LogP contribution in [0.15, 0.2) is 18.2 Å². The van der Waals surface area contributed by atoms with Crippen molar-refractivity contribution in [2.75, 3.05) is 33.8 Å². The average Bonchev–Trinajstić information content (AvgIpc) is 3.17. The van der Waals surface area contributed by atoms with E-state index >= 15 is 0 Å². The number of likely N-dealkylation sites (tertiary alicyclic amines) is 1. The molecule has 2 saturated heterocycles. The molecule has 0 aliphatic carbocycles. The molecule has 0 spiro atoms. The molecule has 2 fully saturated rings. The Balaban J connectivity index is 1.71. The fraction of sp³-hybridized carbons (Fsp3) is 0.588. The Labute approximate surface area is 136 Å². The Hall–Kier alpha value is -1.79. The Morgan fingerprint density at radius 1 is 1.39 bits per heavy atom. The van der Waals surface area contributed by atoms with E-state index in [0.29, 0.717) is 18.7 Å². The molecule has 3 atom stereocenters. The summed E-state index contributed by atoms with van der Waals surface area (Å²) in [6.45, 7) is 2.48. The molecule has 0 amide bonds. The number of ether oxygens (including phenoxy) is 2. The zero-order chi connectivity index (χ0) is 16.4. The number of hydrogen-bond donors (Lipinski definition) is 2. The van der Waals surface area contributed by atoms with Crippen LogP contribution in [-0.2, 0) is 4.79 Å². The van der Waals surface area contributed by atoms with Crippen LogP contribution in [0.3, 0.4) is 0 Å². The minimum atomic E-state index is -0.739. The molecule has 3 unspecified atom stereocenters. The van der Waals surface area contributed by atoms with Crippen molar-refractivity contribution in [3.8, 4) is 11.5 Å². The maximum atomic E-state index is 11.1. The molecule has 3 rings (SSSR count). The van der Waals surface area contributed by atoms with Crippen LogP contribution in [0.1, 0.15) is 24.4 Å². The fourth-order valence-electron chi connectivity index (χ4n) is 3.35. The summed E-state index contributed by atoms with van der Waals surface area (Å²) in [5.74, 6) is 0.398. The van der Waals surface area contributed by atoms with Gasteiger partial charge in [0.15, 0.2) is 11.5 Å². The van der Waals surface area contributed by atoms with Crippen LogP contribution in [-0.4, -0.2) is 55.9 Å². The molecule has 0 aromatic heterocycles. The summed E-state index contributed by atoms with van der Waals surface area (Å²) in [6.07, 6.45) is 1.82. The number of carbonyl (C=O) groups is 1. The van der Waals surface area contributed by atoms with Gasteiger partial charge in [0.1, 0.15) is 6.10 Å². The number of carboxylic acid groups (broad SMARTS) is 1. The van der Waals surface area contributed by atoms with Gasteiger partial charge in [0.2, 0.25) is 0 Å². The highest BCUT2D eigenvalue weighted by Crippen LogP contribution is 2.35. The molecule has 1 aromatic rings. The number of nitrogens with zero attached hydrogens (tertiary/aromatic N) is 1. The predicted molar refractivity (Wildman–Crippen MR) is 86.0 cm³/mol. The first kappa shape index (κ1) is 16.1. The van der Waals surface area contributed by atoms with E-state index in [9.17, 15) is 4.79 Å². The largest absolute Gasteiger partial charge is 0.493 e. The average molecular weight is 320 g/mol. The number of carboxylic acids is 1. The summed E-state index contributed by atoms with van der Waals surface area (Å²) in [5.41, 5.74) is 1.04. The van der Waals surface area contributed by atoms with E-state index in [4.69, 9.17) is 14.6 Å². The van der Waals surface area contributed by atoms with E-state index in [1.165, 1.54) is 0 Å². The van der Waals surface area contributed by atoms with Gasteiger partial charge in [-0.15, -0.1) is 0 Å². The fourth-order valence-corrected chi connectivity index (χ4v) is 3.35. The SMILES string of the molecule is COc1cc(C2CC(C(=O)O)CN2)ccc1OC1CCN(C)C1. The molecule has 1 aromatic carbocycles. The van der Waals surface area contributed by atoms with Crippen molar-refractivity contribution in [3.05, 3.63) is 23.8 Å². The minimum Gasteiger partial charge on any atom is -0.493 e. The van der Waals surface area contributed by atoms with E-state index in [2.05, 4.69) is 17.3 Å². The van der Waals surface area contributed by atoms with Crippen LogP contribution in [0.2, 0.25) is 0 Å². The van der Waals surface area contributed by atoms with Gasteiger partial charge in [-0.2, -0.15) is 0 Å². The monoisotopic (exact) mass is 320 g/mol. The molecule has 0 saturated carbocycles. The molecule has 6 heteroatoms. The first-order chi connectivity index (χ1) is 11.1. The second kappa shape index (κ2) is 6.76. The van der Waals surface area contributed by atoms with E-state index in [1.54, 1.807) is 7.11 Å². The van der Waals surface area contributed by atoms with Crippen molar-refractivity contribution in [3.63, 3.8) is 0 Å². The number of nitrogens with one attached hydrogen (secondary N) is 1. The number of methoxy groups -OCH3 is 1. The van der Waals surface area contributed by atoms with Crippen LogP contribution in [0.5, 0.6) is 11.5 Å². The quantitative estimate of drug-likeness (QED) is 0.857. The van der Waals surface area contributed by atoms with Crippen molar-refractivity contribution < 1.29 is 19.4 Å². The summed E-state index contributed by atoms with van der Waals surface area (Å²) >= 11 is 0. The second-order valence-corrected chi connectivity index (χ2v) is 6.43. The molecule has 23 heavy (non-hydrogen) atoms. The van der Waals surface area contributed by atoms with Gasteiger partial charge in [-0.05, 0) is 37.6 Å². The molecule has 2 aliphatic rings. The lowest BCUT2D eigenvalue weighted by Crippen LogP contribution is -2.21. The maximum absolute atomic E-state index is 11.1. The highest BCUT2D eigenvalue weighted by Gasteiger charge is 2.30. The van der Waals surface area contributed by atoms with E-state index in [1.807, 2.05) is 18.2 Å². The van der Waals surface area contributed by atoms with Gasteiger partial charge in [0.25, 0.3) is 0 Å². The van der Waals surface area contributed by atoms with E-state index < -0.39 is 5.97 Å². The van der Waals surface area contributed by atoms with Crippen molar-refractivity contribution in [2.45, 2.75) is 25.0 Å². The Kier molecular flexibility index (Phi) is 4.73. The van der Waals surface area contributed by atoms with Gasteiger partial charge in [-0.25, -0.2) is 0 Å². The third-order valence-corrected chi connectivity index (χ3v) is 4.71. The van der Waals surface area contributed by atoms with Crippen LogP contribution in [0.25, 0.3) is 0 Å². The van der Waals surface area contributed by atoms with Crippen LogP contribution in [0, 0.1) is 5.92 Å².